The number of methoxy groups -OCH3 is 1. The van der Waals surface area contributed by atoms with Crippen LogP contribution in [0.3, 0.4) is 0 Å². The average molecular weight is 263 g/mol. The molecule has 3 rings (SSSR count). The zero-order valence-electron chi connectivity index (χ0n) is 11.0. The topological polar surface area (TPSA) is 39.2 Å². The zero-order chi connectivity index (χ0) is 13.9. The summed E-state index contributed by atoms with van der Waals surface area (Å²) in [4.78, 5) is 16.3. The molecule has 98 valence electrons. The van der Waals surface area contributed by atoms with E-state index in [1.54, 1.807) is 6.07 Å². The number of fused-ring (bicyclic) bond motifs is 1. The lowest BCUT2D eigenvalue weighted by molar-refractivity contribution is 0.0603. The van der Waals surface area contributed by atoms with Gasteiger partial charge in [0.25, 0.3) is 0 Å². The van der Waals surface area contributed by atoms with E-state index in [0.29, 0.717) is 5.56 Å². The normalized spacial score (nSPS) is 10.4. The van der Waals surface area contributed by atoms with E-state index in [1.165, 1.54) is 7.11 Å². The summed E-state index contributed by atoms with van der Waals surface area (Å²) >= 11 is 0. The molecular weight excluding hydrogens is 250 g/mol. The Bertz CT molecular complexity index is 766. The summed E-state index contributed by atoms with van der Waals surface area (Å²) in [6.45, 7) is 0. The molecule has 0 atom stereocenters. The number of benzene rings is 2. The summed E-state index contributed by atoms with van der Waals surface area (Å²) in [5.74, 6) is -0.345. The second-order valence-electron chi connectivity index (χ2n) is 4.45. The summed E-state index contributed by atoms with van der Waals surface area (Å²) in [6.07, 6.45) is 1.82. The van der Waals surface area contributed by atoms with Crippen LogP contribution in [0.15, 0.2) is 60.8 Å². The van der Waals surface area contributed by atoms with Crippen molar-refractivity contribution in [3.05, 3.63) is 66.4 Å². The van der Waals surface area contributed by atoms with Gasteiger partial charge in [-0.1, -0.05) is 36.4 Å². The first kappa shape index (κ1) is 12.4. The molecule has 0 aliphatic rings. The Hall–Kier alpha value is -2.68. The van der Waals surface area contributed by atoms with Crippen molar-refractivity contribution >= 4 is 16.9 Å². The first-order valence-corrected chi connectivity index (χ1v) is 6.32. The van der Waals surface area contributed by atoms with Crippen molar-refractivity contribution < 1.29 is 9.53 Å². The van der Waals surface area contributed by atoms with Crippen molar-refractivity contribution in [1.29, 1.82) is 0 Å². The Kier molecular flexibility index (Phi) is 3.17. The molecule has 3 heteroatoms. The Morgan fingerprint density at radius 2 is 1.80 bits per heavy atom. The number of nitrogens with zero attached hydrogens (tertiary/aromatic N) is 1. The molecule has 0 aliphatic carbocycles. The van der Waals surface area contributed by atoms with Crippen molar-refractivity contribution in [3.63, 3.8) is 0 Å². The quantitative estimate of drug-likeness (QED) is 0.662. The highest BCUT2D eigenvalue weighted by Crippen LogP contribution is 2.25. The summed E-state index contributed by atoms with van der Waals surface area (Å²) in [5, 5.41) is 0.806. The second kappa shape index (κ2) is 5.13. The standard InChI is InChI=1S/C17H13NO2/c1-20-17(19)14-8-5-9-16-15(14)10-13(11-18-16)12-6-3-2-4-7-12/h2-11H,1H3. The number of hydrogen-bond donors (Lipinski definition) is 0. The molecule has 3 aromatic rings. The third kappa shape index (κ3) is 2.14. The first-order valence-electron chi connectivity index (χ1n) is 6.32. The number of ether oxygens (including phenoxy) is 1. The molecule has 0 bridgehead atoms. The maximum Gasteiger partial charge on any atom is 0.338 e. The van der Waals surface area contributed by atoms with E-state index in [-0.39, 0.29) is 5.97 Å². The summed E-state index contributed by atoms with van der Waals surface area (Å²) in [7, 11) is 1.38. The van der Waals surface area contributed by atoms with Crippen molar-refractivity contribution in [3.8, 4) is 11.1 Å². The third-order valence-electron chi connectivity index (χ3n) is 3.24. The number of aromatic nitrogens is 1. The third-order valence-corrected chi connectivity index (χ3v) is 3.24. The maximum absolute atomic E-state index is 11.8. The molecule has 0 unspecified atom stereocenters. The molecule has 0 amide bonds. The van der Waals surface area contributed by atoms with Gasteiger partial charge in [-0.05, 0) is 23.8 Å². The minimum Gasteiger partial charge on any atom is -0.465 e. The van der Waals surface area contributed by atoms with E-state index in [0.717, 1.165) is 22.0 Å². The molecule has 0 fully saturated rings. The lowest BCUT2D eigenvalue weighted by Crippen LogP contribution is -2.02. The van der Waals surface area contributed by atoms with Crippen molar-refractivity contribution in [2.45, 2.75) is 0 Å². The fraction of sp³-hybridized carbons (Fsp3) is 0.0588. The van der Waals surface area contributed by atoms with E-state index < -0.39 is 0 Å². The van der Waals surface area contributed by atoms with Crippen LogP contribution in [-0.2, 0) is 4.74 Å². The highest BCUT2D eigenvalue weighted by Gasteiger charge is 2.11. The number of carbonyl (C=O) groups is 1. The number of esters is 1. The molecule has 0 saturated carbocycles. The van der Waals surface area contributed by atoms with E-state index in [9.17, 15) is 4.79 Å². The Morgan fingerprint density at radius 3 is 2.55 bits per heavy atom. The van der Waals surface area contributed by atoms with Gasteiger partial charge < -0.3 is 4.74 Å². The maximum atomic E-state index is 11.8. The molecule has 3 nitrogen and oxygen atoms in total. The monoisotopic (exact) mass is 263 g/mol. The minimum absolute atomic E-state index is 0.345. The van der Waals surface area contributed by atoms with Gasteiger partial charge in [-0.2, -0.15) is 0 Å². The van der Waals surface area contributed by atoms with Crippen LogP contribution < -0.4 is 0 Å². The SMILES string of the molecule is COC(=O)c1cccc2ncc(-c3ccccc3)cc12. The Morgan fingerprint density at radius 1 is 1.00 bits per heavy atom. The van der Waals surface area contributed by atoms with Crippen molar-refractivity contribution in [2.75, 3.05) is 7.11 Å². The number of hydrogen-bond acceptors (Lipinski definition) is 3. The van der Waals surface area contributed by atoms with Crippen LogP contribution in [0.2, 0.25) is 0 Å². The molecule has 0 radical (unpaired) electrons. The summed E-state index contributed by atoms with van der Waals surface area (Å²) in [5.41, 5.74) is 3.37. The van der Waals surface area contributed by atoms with E-state index in [4.69, 9.17) is 4.74 Å². The van der Waals surface area contributed by atoms with Gasteiger partial charge in [0.2, 0.25) is 0 Å². The fourth-order valence-corrected chi connectivity index (χ4v) is 2.23. The van der Waals surface area contributed by atoms with Gasteiger partial charge >= 0.3 is 5.97 Å². The molecule has 0 aliphatic heterocycles. The smallest absolute Gasteiger partial charge is 0.338 e. The number of pyridine rings is 1. The highest BCUT2D eigenvalue weighted by atomic mass is 16.5. The largest absolute Gasteiger partial charge is 0.465 e. The van der Waals surface area contributed by atoms with Gasteiger partial charge in [0.15, 0.2) is 0 Å². The Labute approximate surface area is 116 Å². The van der Waals surface area contributed by atoms with Crippen LogP contribution in [-0.4, -0.2) is 18.1 Å². The fourth-order valence-electron chi connectivity index (χ4n) is 2.23. The van der Waals surface area contributed by atoms with Gasteiger partial charge in [-0.15, -0.1) is 0 Å². The predicted molar refractivity (Wildman–Crippen MR) is 78.5 cm³/mol. The summed E-state index contributed by atoms with van der Waals surface area (Å²) in [6, 6.07) is 17.4. The second-order valence-corrected chi connectivity index (χ2v) is 4.45. The van der Waals surface area contributed by atoms with Crippen LogP contribution in [0.4, 0.5) is 0 Å². The molecule has 0 spiro atoms. The molecule has 1 aromatic heterocycles. The molecule has 2 aromatic carbocycles. The molecule has 20 heavy (non-hydrogen) atoms. The molecule has 0 saturated heterocycles. The molecular formula is C17H13NO2. The van der Waals surface area contributed by atoms with Crippen LogP contribution in [0.1, 0.15) is 10.4 Å². The van der Waals surface area contributed by atoms with E-state index in [1.807, 2.05) is 54.7 Å². The van der Waals surface area contributed by atoms with Gasteiger partial charge in [-0.3, -0.25) is 4.98 Å². The molecule has 1 heterocycles. The van der Waals surface area contributed by atoms with Crippen LogP contribution >= 0.6 is 0 Å². The van der Waals surface area contributed by atoms with Crippen molar-refractivity contribution in [1.82, 2.24) is 4.98 Å². The number of carbonyl (C=O) groups excluding carboxylic acids is 1. The Balaban J connectivity index is 2.22. The number of rotatable bonds is 2. The van der Waals surface area contributed by atoms with Crippen molar-refractivity contribution in [2.24, 2.45) is 0 Å². The first-order chi connectivity index (χ1) is 9.79. The van der Waals surface area contributed by atoms with Crippen LogP contribution in [0.25, 0.3) is 22.0 Å². The average Bonchev–Trinajstić information content (AvgIpc) is 2.54. The lowest BCUT2D eigenvalue weighted by atomic mass is 10.0. The minimum atomic E-state index is -0.345. The van der Waals surface area contributed by atoms with Crippen LogP contribution in [0, 0.1) is 0 Å². The highest BCUT2D eigenvalue weighted by molar-refractivity contribution is 6.04. The van der Waals surface area contributed by atoms with Gasteiger partial charge in [0.05, 0.1) is 18.2 Å². The van der Waals surface area contributed by atoms with Crippen LogP contribution in [0.5, 0.6) is 0 Å². The lowest BCUT2D eigenvalue weighted by Gasteiger charge is -2.07. The van der Waals surface area contributed by atoms with Gasteiger partial charge in [0.1, 0.15) is 0 Å². The van der Waals surface area contributed by atoms with E-state index in [2.05, 4.69) is 4.98 Å². The van der Waals surface area contributed by atoms with E-state index >= 15 is 0 Å². The predicted octanol–water partition coefficient (Wildman–Crippen LogP) is 3.69. The van der Waals surface area contributed by atoms with Gasteiger partial charge in [0, 0.05) is 17.1 Å². The van der Waals surface area contributed by atoms with Gasteiger partial charge in [-0.25, -0.2) is 4.79 Å². The molecule has 0 N–H and O–H groups in total. The zero-order valence-corrected chi connectivity index (χ0v) is 11.0. The summed E-state index contributed by atoms with van der Waals surface area (Å²) < 4.78 is 4.82.